The lowest BCUT2D eigenvalue weighted by molar-refractivity contribution is -0.125. The highest BCUT2D eigenvalue weighted by Crippen LogP contribution is 2.32. The molecule has 0 spiro atoms. The normalized spacial score (nSPS) is 10.7. The molecule has 134 valence electrons. The first-order valence-electron chi connectivity index (χ1n) is 8.04. The number of carbonyl (C=O) groups is 2. The van der Waals surface area contributed by atoms with Gasteiger partial charge in [0.15, 0.2) is 6.61 Å². The lowest BCUT2D eigenvalue weighted by atomic mass is 10.1. The minimum Gasteiger partial charge on any atom is -0.452 e. The second kappa shape index (κ2) is 8.54. The molecule has 0 unspecified atom stereocenters. The van der Waals surface area contributed by atoms with Crippen LogP contribution in [0.1, 0.15) is 36.7 Å². The lowest BCUT2D eigenvalue weighted by Crippen LogP contribution is -2.42. The highest BCUT2D eigenvalue weighted by Gasteiger charge is 2.18. The Hall–Kier alpha value is -2.78. The molecule has 1 N–H and O–H groups in total. The zero-order chi connectivity index (χ0) is 19.2. The summed E-state index contributed by atoms with van der Waals surface area (Å²) in [6.45, 7) is 5.21. The Balaban J connectivity index is 2.12. The van der Waals surface area contributed by atoms with Crippen LogP contribution in [0.2, 0.25) is 0 Å². The van der Waals surface area contributed by atoms with Crippen molar-refractivity contribution in [1.82, 2.24) is 5.32 Å². The Kier molecular flexibility index (Phi) is 6.42. The quantitative estimate of drug-likeness (QED) is 0.813. The minimum atomic E-state index is -0.577. The third-order valence-corrected chi connectivity index (χ3v) is 4.33. The number of benzene rings is 2. The molecule has 0 fully saturated rings. The Morgan fingerprint density at radius 3 is 2.35 bits per heavy atom. The summed E-state index contributed by atoms with van der Waals surface area (Å²) in [5.41, 5.74) is 0.497. The van der Waals surface area contributed by atoms with Gasteiger partial charge in [0.1, 0.15) is 6.07 Å². The fourth-order valence-electron chi connectivity index (χ4n) is 2.15. The maximum absolute atomic E-state index is 12.4. The lowest BCUT2D eigenvalue weighted by Gasteiger charge is -2.20. The van der Waals surface area contributed by atoms with Crippen molar-refractivity contribution < 1.29 is 14.3 Å². The Morgan fingerprint density at radius 1 is 1.08 bits per heavy atom. The summed E-state index contributed by atoms with van der Waals surface area (Å²) in [5.74, 6) is -0.933. The summed E-state index contributed by atoms with van der Waals surface area (Å²) in [7, 11) is 0. The number of esters is 1. The van der Waals surface area contributed by atoms with Gasteiger partial charge >= 0.3 is 5.97 Å². The van der Waals surface area contributed by atoms with Crippen LogP contribution in [0.15, 0.2) is 58.3 Å². The first-order valence-corrected chi connectivity index (χ1v) is 8.86. The van der Waals surface area contributed by atoms with Crippen molar-refractivity contribution in [2.75, 3.05) is 6.61 Å². The van der Waals surface area contributed by atoms with E-state index in [-0.39, 0.29) is 12.5 Å². The summed E-state index contributed by atoms with van der Waals surface area (Å²) >= 11 is 1.31. The van der Waals surface area contributed by atoms with Crippen molar-refractivity contribution in [3.63, 3.8) is 0 Å². The first kappa shape index (κ1) is 19.5. The zero-order valence-corrected chi connectivity index (χ0v) is 15.7. The van der Waals surface area contributed by atoms with Crippen LogP contribution >= 0.6 is 11.8 Å². The number of hydrogen-bond acceptors (Lipinski definition) is 5. The van der Waals surface area contributed by atoms with Crippen molar-refractivity contribution in [3.05, 3.63) is 59.7 Å². The average molecular weight is 368 g/mol. The molecule has 2 aromatic rings. The van der Waals surface area contributed by atoms with Crippen LogP contribution in [-0.2, 0) is 9.53 Å². The molecule has 2 rings (SSSR count). The maximum atomic E-state index is 12.4. The van der Waals surface area contributed by atoms with Crippen LogP contribution in [0.3, 0.4) is 0 Å². The number of ether oxygens (including phenoxy) is 1. The van der Waals surface area contributed by atoms with E-state index in [2.05, 4.69) is 11.4 Å². The van der Waals surface area contributed by atoms with Crippen LogP contribution in [0.5, 0.6) is 0 Å². The van der Waals surface area contributed by atoms with Crippen LogP contribution in [0, 0.1) is 11.3 Å². The fourth-order valence-corrected chi connectivity index (χ4v) is 3.17. The molecule has 26 heavy (non-hydrogen) atoms. The van der Waals surface area contributed by atoms with Gasteiger partial charge in [-0.1, -0.05) is 36.0 Å². The zero-order valence-electron chi connectivity index (χ0n) is 14.9. The van der Waals surface area contributed by atoms with Crippen molar-refractivity contribution in [2.24, 2.45) is 0 Å². The highest BCUT2D eigenvalue weighted by atomic mass is 32.2. The summed E-state index contributed by atoms with van der Waals surface area (Å²) in [5, 5.41) is 12.0. The van der Waals surface area contributed by atoms with Gasteiger partial charge in [0, 0.05) is 15.3 Å². The van der Waals surface area contributed by atoms with Gasteiger partial charge in [-0.25, -0.2) is 4.79 Å². The maximum Gasteiger partial charge on any atom is 0.339 e. The molecule has 0 heterocycles. The number of rotatable bonds is 5. The summed E-state index contributed by atoms with van der Waals surface area (Å²) < 4.78 is 5.14. The average Bonchev–Trinajstić information content (AvgIpc) is 2.59. The van der Waals surface area contributed by atoms with E-state index in [9.17, 15) is 14.9 Å². The monoisotopic (exact) mass is 368 g/mol. The number of hydrogen-bond donors (Lipinski definition) is 1. The van der Waals surface area contributed by atoms with Crippen molar-refractivity contribution in [1.29, 1.82) is 5.26 Å². The molecule has 0 aromatic heterocycles. The van der Waals surface area contributed by atoms with E-state index in [1.54, 1.807) is 36.4 Å². The predicted molar refractivity (Wildman–Crippen MR) is 99.9 cm³/mol. The van der Waals surface area contributed by atoms with Crippen molar-refractivity contribution in [3.8, 4) is 6.07 Å². The predicted octanol–water partition coefficient (Wildman–Crippen LogP) is 3.78. The summed E-state index contributed by atoms with van der Waals surface area (Å²) in [4.78, 5) is 25.6. The van der Waals surface area contributed by atoms with E-state index in [0.717, 1.165) is 4.90 Å². The topological polar surface area (TPSA) is 79.2 Å². The minimum absolute atomic E-state index is 0.343. The Morgan fingerprint density at radius 2 is 1.69 bits per heavy atom. The van der Waals surface area contributed by atoms with E-state index in [1.165, 1.54) is 11.8 Å². The molecule has 2 aromatic carbocycles. The number of nitrogens with zero attached hydrogens (tertiary/aromatic N) is 1. The van der Waals surface area contributed by atoms with Gasteiger partial charge in [-0.05, 0) is 45.0 Å². The van der Waals surface area contributed by atoms with Gasteiger partial charge in [0.05, 0.1) is 11.1 Å². The molecule has 0 bridgehead atoms. The molecule has 0 saturated heterocycles. The number of amides is 1. The van der Waals surface area contributed by atoms with Gasteiger partial charge in [-0.2, -0.15) is 5.26 Å². The number of nitrogens with one attached hydrogen (secondary N) is 1. The van der Waals surface area contributed by atoms with Crippen LogP contribution in [0.25, 0.3) is 0 Å². The van der Waals surface area contributed by atoms with Crippen molar-refractivity contribution >= 4 is 23.6 Å². The fraction of sp³-hybridized carbons (Fsp3) is 0.250. The second-order valence-corrected chi connectivity index (χ2v) is 7.66. The smallest absolute Gasteiger partial charge is 0.339 e. The van der Waals surface area contributed by atoms with E-state index in [1.807, 2.05) is 32.9 Å². The molecule has 0 aliphatic carbocycles. The first-order chi connectivity index (χ1) is 12.3. The molecule has 0 aliphatic heterocycles. The van der Waals surface area contributed by atoms with Crippen LogP contribution in [0.4, 0.5) is 0 Å². The van der Waals surface area contributed by atoms with Gasteiger partial charge in [-0.15, -0.1) is 0 Å². The SMILES string of the molecule is CC(C)(C)NC(=O)COC(=O)c1ccccc1Sc1ccccc1C#N. The third kappa shape index (κ3) is 5.64. The van der Waals surface area contributed by atoms with Gasteiger partial charge < -0.3 is 10.1 Å². The van der Waals surface area contributed by atoms with Gasteiger partial charge in [0.2, 0.25) is 0 Å². The molecule has 5 nitrogen and oxygen atoms in total. The van der Waals surface area contributed by atoms with E-state index in [0.29, 0.717) is 16.0 Å². The van der Waals surface area contributed by atoms with E-state index < -0.39 is 11.5 Å². The molecular weight excluding hydrogens is 348 g/mol. The third-order valence-electron chi connectivity index (χ3n) is 3.18. The molecule has 6 heteroatoms. The largest absolute Gasteiger partial charge is 0.452 e. The van der Waals surface area contributed by atoms with Crippen LogP contribution in [-0.4, -0.2) is 24.0 Å². The van der Waals surface area contributed by atoms with Crippen molar-refractivity contribution in [2.45, 2.75) is 36.1 Å². The highest BCUT2D eigenvalue weighted by molar-refractivity contribution is 7.99. The molecular formula is C20H20N2O3S. The Bertz CT molecular complexity index is 851. The molecule has 0 aliphatic rings. The van der Waals surface area contributed by atoms with E-state index >= 15 is 0 Å². The molecule has 1 amide bonds. The van der Waals surface area contributed by atoms with Gasteiger partial charge in [0.25, 0.3) is 5.91 Å². The van der Waals surface area contributed by atoms with Gasteiger partial charge in [-0.3, -0.25) is 4.79 Å². The standard InChI is InChI=1S/C20H20N2O3S/c1-20(2,3)22-18(23)13-25-19(24)15-9-5-7-11-17(15)26-16-10-6-4-8-14(16)12-21/h4-11H,13H2,1-3H3,(H,22,23). The Labute approximate surface area is 157 Å². The second-order valence-electron chi connectivity index (χ2n) is 6.58. The summed E-state index contributed by atoms with van der Waals surface area (Å²) in [6, 6.07) is 16.3. The summed E-state index contributed by atoms with van der Waals surface area (Å²) in [6.07, 6.45) is 0. The molecule has 0 atom stereocenters. The number of carbonyl (C=O) groups excluding carboxylic acids is 2. The van der Waals surface area contributed by atoms with E-state index in [4.69, 9.17) is 4.74 Å². The molecule has 0 radical (unpaired) electrons. The van der Waals surface area contributed by atoms with Crippen LogP contribution < -0.4 is 5.32 Å². The number of nitriles is 1. The molecule has 0 saturated carbocycles.